The number of aryl methyl sites for hydroxylation is 1. The van der Waals surface area contributed by atoms with Crippen molar-refractivity contribution in [1.29, 1.82) is 0 Å². The van der Waals surface area contributed by atoms with Gasteiger partial charge in [-0.1, -0.05) is 0 Å². The Morgan fingerprint density at radius 1 is 1.37 bits per heavy atom. The molecule has 9 nitrogen and oxygen atoms in total. The standard InChI is InChI=1S/C10H12N2O7/c1-3-2-4(13)11-10(18)12(3)8-6(15)5(14)7(19-8)9(16)17/h2,5-8,14-15H,1H3,(H,16,17)(H,11,13,18)/t5-,6+,7-,8+/m0/s1. The van der Waals surface area contributed by atoms with E-state index in [4.69, 9.17) is 9.84 Å². The first kappa shape index (κ1) is 13.5. The van der Waals surface area contributed by atoms with Crippen LogP contribution >= 0.6 is 0 Å². The van der Waals surface area contributed by atoms with Gasteiger partial charge in [-0.05, 0) is 6.92 Å². The molecule has 0 saturated carbocycles. The molecule has 1 aliphatic heterocycles. The Balaban J connectivity index is 2.47. The molecule has 1 aromatic rings. The maximum Gasteiger partial charge on any atom is 0.335 e. The van der Waals surface area contributed by atoms with Crippen molar-refractivity contribution < 1.29 is 24.9 Å². The molecule has 0 radical (unpaired) electrons. The van der Waals surface area contributed by atoms with Gasteiger partial charge in [-0.25, -0.2) is 9.59 Å². The number of hydrogen-bond acceptors (Lipinski definition) is 6. The minimum absolute atomic E-state index is 0.177. The molecule has 19 heavy (non-hydrogen) atoms. The van der Waals surface area contributed by atoms with Crippen LogP contribution in [0.3, 0.4) is 0 Å². The maximum absolute atomic E-state index is 11.7. The number of nitrogens with one attached hydrogen (secondary N) is 1. The number of aliphatic carboxylic acids is 1. The lowest BCUT2D eigenvalue weighted by Crippen LogP contribution is -2.39. The van der Waals surface area contributed by atoms with Gasteiger partial charge in [-0.3, -0.25) is 14.3 Å². The molecule has 1 saturated heterocycles. The third-order valence-electron chi connectivity index (χ3n) is 2.91. The number of carboxylic acids is 1. The minimum Gasteiger partial charge on any atom is -0.479 e. The van der Waals surface area contributed by atoms with Crippen LogP contribution in [0.25, 0.3) is 0 Å². The van der Waals surface area contributed by atoms with Crippen LogP contribution in [-0.4, -0.2) is 49.2 Å². The summed E-state index contributed by atoms with van der Waals surface area (Å²) in [7, 11) is 0. The van der Waals surface area contributed by atoms with Crippen LogP contribution in [0.4, 0.5) is 0 Å². The van der Waals surface area contributed by atoms with Gasteiger partial charge in [-0.2, -0.15) is 0 Å². The number of hydrogen-bond donors (Lipinski definition) is 4. The molecule has 104 valence electrons. The number of H-pyrrole nitrogens is 1. The van der Waals surface area contributed by atoms with E-state index >= 15 is 0 Å². The zero-order valence-corrected chi connectivity index (χ0v) is 9.81. The SMILES string of the molecule is Cc1cc(=O)[nH]c(=O)n1[C@@H]1O[C@H](C(=O)O)[C@@H](O)[C@H]1O. The summed E-state index contributed by atoms with van der Waals surface area (Å²) in [6, 6.07) is 1.10. The smallest absolute Gasteiger partial charge is 0.335 e. The summed E-state index contributed by atoms with van der Waals surface area (Å²) >= 11 is 0. The van der Waals surface area contributed by atoms with Gasteiger partial charge in [0.15, 0.2) is 12.3 Å². The monoisotopic (exact) mass is 272 g/mol. The van der Waals surface area contributed by atoms with Gasteiger partial charge in [0.2, 0.25) is 0 Å². The number of carboxylic acid groups (broad SMARTS) is 1. The summed E-state index contributed by atoms with van der Waals surface area (Å²) in [6.45, 7) is 1.42. The minimum atomic E-state index is -1.67. The Labute approximate surface area is 105 Å². The van der Waals surface area contributed by atoms with Crippen LogP contribution in [0, 0.1) is 6.92 Å². The molecule has 1 aromatic heterocycles. The van der Waals surface area contributed by atoms with Gasteiger partial charge in [0, 0.05) is 11.8 Å². The summed E-state index contributed by atoms with van der Waals surface area (Å²) in [6.07, 6.45) is -6.28. The highest BCUT2D eigenvalue weighted by atomic mass is 16.6. The predicted molar refractivity (Wildman–Crippen MR) is 59.6 cm³/mol. The molecule has 4 N–H and O–H groups in total. The fourth-order valence-electron chi connectivity index (χ4n) is 2.01. The van der Waals surface area contributed by atoms with Gasteiger partial charge in [0.05, 0.1) is 0 Å². The van der Waals surface area contributed by atoms with Gasteiger partial charge in [0.25, 0.3) is 5.56 Å². The van der Waals surface area contributed by atoms with E-state index in [2.05, 4.69) is 0 Å². The number of nitrogens with zero attached hydrogens (tertiary/aromatic N) is 1. The van der Waals surface area contributed by atoms with E-state index in [-0.39, 0.29) is 5.69 Å². The zero-order valence-electron chi connectivity index (χ0n) is 9.81. The van der Waals surface area contributed by atoms with E-state index in [9.17, 15) is 24.6 Å². The fourth-order valence-corrected chi connectivity index (χ4v) is 2.01. The molecule has 0 unspecified atom stereocenters. The number of rotatable bonds is 2. The molecule has 2 rings (SSSR count). The summed E-state index contributed by atoms with van der Waals surface area (Å²) in [4.78, 5) is 35.5. The van der Waals surface area contributed by atoms with Crippen LogP contribution in [0.1, 0.15) is 11.9 Å². The van der Waals surface area contributed by atoms with Crippen molar-refractivity contribution >= 4 is 5.97 Å². The largest absolute Gasteiger partial charge is 0.479 e. The lowest BCUT2D eigenvalue weighted by atomic mass is 10.1. The molecule has 2 heterocycles. The normalized spacial score (nSPS) is 30.5. The number of ether oxygens (including phenoxy) is 1. The highest BCUT2D eigenvalue weighted by Gasteiger charge is 2.48. The first-order valence-electron chi connectivity index (χ1n) is 5.40. The van der Waals surface area contributed by atoms with Crippen LogP contribution in [0.2, 0.25) is 0 Å². The summed E-state index contributed by atoms with van der Waals surface area (Å²) in [5, 5.41) is 28.1. The molecule has 1 fully saturated rings. The maximum atomic E-state index is 11.7. The van der Waals surface area contributed by atoms with Crippen molar-refractivity contribution in [3.05, 3.63) is 32.6 Å². The van der Waals surface area contributed by atoms with Crippen molar-refractivity contribution in [2.24, 2.45) is 0 Å². The van der Waals surface area contributed by atoms with Crippen molar-refractivity contribution in [2.75, 3.05) is 0 Å². The number of aliphatic hydroxyl groups is 2. The van der Waals surface area contributed by atoms with Gasteiger partial charge >= 0.3 is 11.7 Å². The van der Waals surface area contributed by atoms with E-state index in [1.807, 2.05) is 4.98 Å². The number of aromatic amines is 1. The summed E-state index contributed by atoms with van der Waals surface area (Å²) in [5.41, 5.74) is -1.30. The Morgan fingerprint density at radius 3 is 2.47 bits per heavy atom. The van der Waals surface area contributed by atoms with Gasteiger partial charge in [-0.15, -0.1) is 0 Å². The third kappa shape index (κ3) is 2.18. The van der Waals surface area contributed by atoms with Crippen LogP contribution in [-0.2, 0) is 9.53 Å². The Hall–Kier alpha value is -1.97. The second-order valence-electron chi connectivity index (χ2n) is 4.22. The lowest BCUT2D eigenvalue weighted by molar-refractivity contribution is -0.155. The molecule has 0 aromatic carbocycles. The first-order chi connectivity index (χ1) is 8.82. The average Bonchev–Trinajstić information content (AvgIpc) is 2.56. The number of aliphatic hydroxyl groups excluding tert-OH is 2. The quantitative estimate of drug-likeness (QED) is 0.468. The molecular formula is C10H12N2O7. The van der Waals surface area contributed by atoms with E-state index in [0.717, 1.165) is 10.6 Å². The summed E-state index contributed by atoms with van der Waals surface area (Å²) < 4.78 is 5.86. The van der Waals surface area contributed by atoms with E-state index in [1.54, 1.807) is 0 Å². The molecule has 9 heteroatoms. The number of aromatic nitrogens is 2. The van der Waals surface area contributed by atoms with Crippen molar-refractivity contribution in [2.45, 2.75) is 31.5 Å². The van der Waals surface area contributed by atoms with Crippen molar-refractivity contribution in [1.82, 2.24) is 9.55 Å². The second-order valence-corrected chi connectivity index (χ2v) is 4.22. The average molecular weight is 272 g/mol. The van der Waals surface area contributed by atoms with E-state index in [0.29, 0.717) is 0 Å². The lowest BCUT2D eigenvalue weighted by Gasteiger charge is -2.19. The molecular weight excluding hydrogens is 260 g/mol. The molecule has 4 atom stereocenters. The molecule has 0 spiro atoms. The number of carbonyl (C=O) groups is 1. The topological polar surface area (TPSA) is 142 Å². The third-order valence-corrected chi connectivity index (χ3v) is 2.91. The first-order valence-corrected chi connectivity index (χ1v) is 5.40. The summed E-state index contributed by atoms with van der Waals surface area (Å²) in [5.74, 6) is -1.45. The zero-order chi connectivity index (χ0) is 14.3. The highest BCUT2D eigenvalue weighted by molar-refractivity contribution is 5.73. The van der Waals surface area contributed by atoms with Crippen molar-refractivity contribution in [3.63, 3.8) is 0 Å². The Morgan fingerprint density at radius 2 is 2.00 bits per heavy atom. The predicted octanol–water partition coefficient (Wildman–Crippen LogP) is -2.45. The highest BCUT2D eigenvalue weighted by Crippen LogP contribution is 2.28. The van der Waals surface area contributed by atoms with Crippen LogP contribution in [0.15, 0.2) is 15.7 Å². The van der Waals surface area contributed by atoms with Crippen LogP contribution in [0.5, 0.6) is 0 Å². The van der Waals surface area contributed by atoms with Gasteiger partial charge < -0.3 is 20.1 Å². The molecule has 1 aliphatic rings. The van der Waals surface area contributed by atoms with Crippen molar-refractivity contribution in [3.8, 4) is 0 Å². The van der Waals surface area contributed by atoms with E-state index < -0.39 is 41.8 Å². The molecule has 0 aliphatic carbocycles. The van der Waals surface area contributed by atoms with Crippen LogP contribution < -0.4 is 11.2 Å². The second kappa shape index (κ2) is 4.61. The van der Waals surface area contributed by atoms with Gasteiger partial charge in [0.1, 0.15) is 12.2 Å². The molecule has 0 amide bonds. The Kier molecular flexibility index (Phi) is 3.27. The fraction of sp³-hybridized carbons (Fsp3) is 0.500. The molecule has 0 bridgehead atoms. The van der Waals surface area contributed by atoms with E-state index in [1.165, 1.54) is 6.92 Å². The Bertz CT molecular complexity index is 619.